The van der Waals surface area contributed by atoms with Crippen molar-refractivity contribution in [2.24, 2.45) is 5.41 Å². The van der Waals surface area contributed by atoms with Crippen LogP contribution in [0.5, 0.6) is 0 Å². The van der Waals surface area contributed by atoms with Gasteiger partial charge in [-0.25, -0.2) is 4.79 Å². The van der Waals surface area contributed by atoms with Crippen molar-refractivity contribution in [1.29, 1.82) is 0 Å². The molecule has 1 saturated heterocycles. The summed E-state index contributed by atoms with van der Waals surface area (Å²) < 4.78 is 0. The van der Waals surface area contributed by atoms with E-state index in [4.69, 9.17) is 4.84 Å². The van der Waals surface area contributed by atoms with E-state index in [1.807, 2.05) is 25.8 Å². The SMILES string of the molecule is CCN(CC)CCN1CCN(OC(=O)C(C)(C)C)CC1. The zero-order valence-electron chi connectivity index (χ0n) is 13.8. The largest absolute Gasteiger partial charge is 0.367 e. The number of carbonyl (C=O) groups excluding carboxylic acids is 1. The van der Waals surface area contributed by atoms with Crippen LogP contribution in [-0.2, 0) is 9.63 Å². The zero-order valence-corrected chi connectivity index (χ0v) is 13.8. The number of carbonyl (C=O) groups is 1. The molecule has 118 valence electrons. The molecule has 20 heavy (non-hydrogen) atoms. The molecule has 1 fully saturated rings. The molecule has 5 heteroatoms. The quantitative estimate of drug-likeness (QED) is 0.738. The van der Waals surface area contributed by atoms with Gasteiger partial charge in [-0.2, -0.15) is 0 Å². The fraction of sp³-hybridized carbons (Fsp3) is 0.933. The third-order valence-corrected chi connectivity index (χ3v) is 3.78. The van der Waals surface area contributed by atoms with Crippen molar-refractivity contribution >= 4 is 5.97 Å². The number of hydrogen-bond acceptors (Lipinski definition) is 5. The number of rotatable bonds is 6. The van der Waals surface area contributed by atoms with E-state index in [-0.39, 0.29) is 5.97 Å². The Bertz CT molecular complexity index is 290. The molecule has 0 atom stereocenters. The fourth-order valence-corrected chi connectivity index (χ4v) is 2.12. The van der Waals surface area contributed by atoms with Crippen molar-refractivity contribution < 1.29 is 9.63 Å². The van der Waals surface area contributed by atoms with Crippen molar-refractivity contribution in [3.63, 3.8) is 0 Å². The second-order valence-electron chi connectivity index (χ2n) is 6.43. The maximum Gasteiger partial charge on any atom is 0.330 e. The minimum Gasteiger partial charge on any atom is -0.367 e. The van der Waals surface area contributed by atoms with E-state index in [0.29, 0.717) is 0 Å². The van der Waals surface area contributed by atoms with E-state index < -0.39 is 5.41 Å². The smallest absolute Gasteiger partial charge is 0.330 e. The number of piperazine rings is 1. The van der Waals surface area contributed by atoms with Gasteiger partial charge in [-0.1, -0.05) is 13.8 Å². The predicted octanol–water partition coefficient (Wildman–Crippen LogP) is 1.45. The molecular formula is C15H31N3O2. The van der Waals surface area contributed by atoms with Crippen LogP contribution < -0.4 is 0 Å². The molecule has 1 heterocycles. The number of hydrogen-bond donors (Lipinski definition) is 0. The van der Waals surface area contributed by atoms with Crippen LogP contribution in [0.25, 0.3) is 0 Å². The first-order valence-corrected chi connectivity index (χ1v) is 7.78. The molecule has 1 rings (SSSR count). The monoisotopic (exact) mass is 285 g/mol. The molecule has 0 spiro atoms. The zero-order chi connectivity index (χ0) is 15.2. The van der Waals surface area contributed by atoms with Gasteiger partial charge in [0.1, 0.15) is 0 Å². The average molecular weight is 285 g/mol. The third-order valence-electron chi connectivity index (χ3n) is 3.78. The van der Waals surface area contributed by atoms with Gasteiger partial charge in [-0.15, -0.1) is 5.06 Å². The Kier molecular flexibility index (Phi) is 6.92. The van der Waals surface area contributed by atoms with Crippen LogP contribution in [0.1, 0.15) is 34.6 Å². The minimum atomic E-state index is -0.431. The summed E-state index contributed by atoms with van der Waals surface area (Å²) in [5, 5.41) is 1.81. The highest BCUT2D eigenvalue weighted by molar-refractivity contribution is 5.75. The first-order valence-electron chi connectivity index (χ1n) is 7.78. The normalized spacial score (nSPS) is 18.5. The summed E-state index contributed by atoms with van der Waals surface area (Å²) in [6.07, 6.45) is 0. The van der Waals surface area contributed by atoms with Crippen LogP contribution >= 0.6 is 0 Å². The van der Waals surface area contributed by atoms with E-state index in [1.165, 1.54) is 0 Å². The Morgan fingerprint density at radius 3 is 2.10 bits per heavy atom. The maximum atomic E-state index is 11.8. The first kappa shape index (κ1) is 17.4. The minimum absolute atomic E-state index is 0.144. The van der Waals surface area contributed by atoms with E-state index in [9.17, 15) is 4.79 Å². The van der Waals surface area contributed by atoms with Gasteiger partial charge in [0.15, 0.2) is 0 Å². The van der Waals surface area contributed by atoms with Crippen molar-refractivity contribution in [3.8, 4) is 0 Å². The molecule has 0 N–H and O–H groups in total. The lowest BCUT2D eigenvalue weighted by molar-refractivity contribution is -0.206. The molecule has 0 bridgehead atoms. The van der Waals surface area contributed by atoms with E-state index >= 15 is 0 Å². The van der Waals surface area contributed by atoms with Crippen molar-refractivity contribution in [3.05, 3.63) is 0 Å². The Balaban J connectivity index is 2.25. The molecule has 0 unspecified atom stereocenters. The van der Waals surface area contributed by atoms with Gasteiger partial charge in [0, 0.05) is 39.3 Å². The Morgan fingerprint density at radius 1 is 1.10 bits per heavy atom. The molecule has 0 aromatic carbocycles. The van der Waals surface area contributed by atoms with Crippen LogP contribution in [0, 0.1) is 5.41 Å². The van der Waals surface area contributed by atoms with Crippen LogP contribution in [0.4, 0.5) is 0 Å². The molecule has 0 saturated carbocycles. The van der Waals surface area contributed by atoms with Crippen LogP contribution in [0.2, 0.25) is 0 Å². The molecule has 0 aliphatic carbocycles. The first-order chi connectivity index (χ1) is 9.36. The van der Waals surface area contributed by atoms with Gasteiger partial charge in [-0.05, 0) is 33.9 Å². The summed E-state index contributed by atoms with van der Waals surface area (Å²) >= 11 is 0. The molecule has 0 radical (unpaired) electrons. The molecule has 0 aromatic rings. The summed E-state index contributed by atoms with van der Waals surface area (Å²) in [4.78, 5) is 22.1. The van der Waals surface area contributed by atoms with E-state index in [1.54, 1.807) is 0 Å². The topological polar surface area (TPSA) is 36.0 Å². The summed E-state index contributed by atoms with van der Waals surface area (Å²) in [6.45, 7) is 18.1. The summed E-state index contributed by atoms with van der Waals surface area (Å²) in [5.74, 6) is -0.144. The molecule has 1 aliphatic heterocycles. The Hall–Kier alpha value is -0.650. The molecule has 0 aromatic heterocycles. The highest BCUT2D eigenvalue weighted by atomic mass is 16.7. The van der Waals surface area contributed by atoms with E-state index in [2.05, 4.69) is 23.6 Å². The second kappa shape index (κ2) is 7.96. The predicted molar refractivity (Wildman–Crippen MR) is 81.3 cm³/mol. The van der Waals surface area contributed by atoms with Crippen LogP contribution in [0.15, 0.2) is 0 Å². The Morgan fingerprint density at radius 2 is 1.65 bits per heavy atom. The van der Waals surface area contributed by atoms with Gasteiger partial charge in [0.05, 0.1) is 5.41 Å². The van der Waals surface area contributed by atoms with E-state index in [0.717, 1.165) is 52.4 Å². The lowest BCUT2D eigenvalue weighted by atomic mass is 9.98. The van der Waals surface area contributed by atoms with Gasteiger partial charge >= 0.3 is 5.97 Å². The molecular weight excluding hydrogens is 254 g/mol. The average Bonchev–Trinajstić information content (AvgIpc) is 2.40. The lowest BCUT2D eigenvalue weighted by Crippen LogP contribution is -2.49. The number of hydroxylamine groups is 2. The number of nitrogens with zero attached hydrogens (tertiary/aromatic N) is 3. The summed E-state index contributed by atoms with van der Waals surface area (Å²) in [6, 6.07) is 0. The highest BCUT2D eigenvalue weighted by Gasteiger charge is 2.27. The molecule has 5 nitrogen and oxygen atoms in total. The lowest BCUT2D eigenvalue weighted by Gasteiger charge is -2.35. The van der Waals surface area contributed by atoms with Crippen LogP contribution in [-0.4, -0.2) is 73.2 Å². The Labute approximate surface area is 123 Å². The third kappa shape index (κ3) is 5.77. The van der Waals surface area contributed by atoms with Gasteiger partial charge in [0.25, 0.3) is 0 Å². The number of likely N-dealkylation sites (N-methyl/N-ethyl adjacent to an activating group) is 1. The van der Waals surface area contributed by atoms with Crippen molar-refractivity contribution in [2.45, 2.75) is 34.6 Å². The standard InChI is InChI=1S/C15H31N3O2/c1-6-16(7-2)8-9-17-10-12-18(13-11-17)20-14(19)15(3,4)5/h6-13H2,1-5H3. The van der Waals surface area contributed by atoms with Gasteiger partial charge in [0.2, 0.25) is 0 Å². The van der Waals surface area contributed by atoms with Crippen molar-refractivity contribution in [2.75, 3.05) is 52.4 Å². The molecule has 0 amide bonds. The fourth-order valence-electron chi connectivity index (χ4n) is 2.12. The second-order valence-corrected chi connectivity index (χ2v) is 6.43. The maximum absolute atomic E-state index is 11.8. The van der Waals surface area contributed by atoms with Gasteiger partial charge in [-0.3, -0.25) is 4.90 Å². The summed E-state index contributed by atoms with van der Waals surface area (Å²) in [7, 11) is 0. The molecule has 1 aliphatic rings. The van der Waals surface area contributed by atoms with Crippen molar-refractivity contribution in [1.82, 2.24) is 14.9 Å². The van der Waals surface area contributed by atoms with Gasteiger partial charge < -0.3 is 9.74 Å². The summed E-state index contributed by atoms with van der Waals surface area (Å²) in [5.41, 5.74) is -0.431. The van der Waals surface area contributed by atoms with Crippen LogP contribution in [0.3, 0.4) is 0 Å². The highest BCUT2D eigenvalue weighted by Crippen LogP contribution is 2.16.